The molecule has 0 atom stereocenters. The van der Waals surface area contributed by atoms with Crippen LogP contribution >= 0.6 is 11.6 Å². The Balaban J connectivity index is 2.73. The Labute approximate surface area is 93.7 Å². The molecule has 0 bridgehead atoms. The molecule has 0 saturated heterocycles. The molecule has 0 unspecified atom stereocenters. The third kappa shape index (κ3) is 1.81. The van der Waals surface area contributed by atoms with Crippen molar-refractivity contribution in [2.75, 3.05) is 0 Å². The van der Waals surface area contributed by atoms with Crippen LogP contribution in [0.5, 0.6) is 0 Å². The standard InChI is InChI=1S/C10H5ClF2N2O/c11-6-1-2-7(12)9(10(6)13)5-3-8(16)15-14-4-5/h1-4H,(H,15,16). The van der Waals surface area contributed by atoms with Crippen LogP contribution in [0, 0.1) is 11.6 Å². The number of halogens is 3. The van der Waals surface area contributed by atoms with Crippen molar-refractivity contribution in [3.63, 3.8) is 0 Å². The molecule has 2 rings (SSSR count). The van der Waals surface area contributed by atoms with Gasteiger partial charge in [-0.1, -0.05) is 11.6 Å². The molecule has 3 nitrogen and oxygen atoms in total. The van der Waals surface area contributed by atoms with E-state index in [4.69, 9.17) is 11.6 Å². The molecule has 82 valence electrons. The lowest BCUT2D eigenvalue weighted by molar-refractivity contribution is 0.589. The Morgan fingerprint density at radius 3 is 2.75 bits per heavy atom. The summed E-state index contributed by atoms with van der Waals surface area (Å²) in [6.07, 6.45) is 1.15. The minimum Gasteiger partial charge on any atom is -0.268 e. The topological polar surface area (TPSA) is 45.8 Å². The number of hydrogen-bond donors (Lipinski definition) is 1. The molecule has 6 heteroatoms. The maximum Gasteiger partial charge on any atom is 0.264 e. The van der Waals surface area contributed by atoms with Crippen molar-refractivity contribution in [1.82, 2.24) is 10.2 Å². The number of nitrogens with one attached hydrogen (secondary N) is 1. The van der Waals surface area contributed by atoms with Crippen molar-refractivity contribution < 1.29 is 8.78 Å². The van der Waals surface area contributed by atoms with E-state index in [1.54, 1.807) is 0 Å². The number of benzene rings is 1. The molecule has 0 aliphatic heterocycles. The van der Waals surface area contributed by atoms with Gasteiger partial charge in [0.05, 0.1) is 16.8 Å². The lowest BCUT2D eigenvalue weighted by atomic mass is 10.1. The Kier molecular flexibility index (Phi) is 2.70. The third-order valence-corrected chi connectivity index (χ3v) is 2.29. The highest BCUT2D eigenvalue weighted by Crippen LogP contribution is 2.28. The van der Waals surface area contributed by atoms with Gasteiger partial charge in [0.1, 0.15) is 5.82 Å². The molecule has 0 aliphatic carbocycles. The van der Waals surface area contributed by atoms with Gasteiger partial charge in [-0.15, -0.1) is 0 Å². The lowest BCUT2D eigenvalue weighted by Crippen LogP contribution is -2.06. The van der Waals surface area contributed by atoms with Crippen LogP contribution in [-0.4, -0.2) is 10.2 Å². The molecule has 0 radical (unpaired) electrons. The maximum absolute atomic E-state index is 13.6. The van der Waals surface area contributed by atoms with Crippen LogP contribution in [0.3, 0.4) is 0 Å². The molecule has 0 aliphatic rings. The van der Waals surface area contributed by atoms with Crippen LogP contribution in [0.25, 0.3) is 11.1 Å². The smallest absolute Gasteiger partial charge is 0.264 e. The Hall–Kier alpha value is -1.75. The van der Waals surface area contributed by atoms with Gasteiger partial charge in [0, 0.05) is 11.6 Å². The van der Waals surface area contributed by atoms with Gasteiger partial charge in [0.25, 0.3) is 5.56 Å². The average Bonchev–Trinajstić information content (AvgIpc) is 2.24. The second-order valence-electron chi connectivity index (χ2n) is 3.05. The van der Waals surface area contributed by atoms with Crippen molar-refractivity contribution in [3.05, 3.63) is 51.4 Å². The Morgan fingerprint density at radius 2 is 2.06 bits per heavy atom. The van der Waals surface area contributed by atoms with Crippen LogP contribution in [-0.2, 0) is 0 Å². The first-order valence-electron chi connectivity index (χ1n) is 4.28. The predicted molar refractivity (Wildman–Crippen MR) is 55.2 cm³/mol. The number of rotatable bonds is 1. The molecule has 1 heterocycles. The minimum absolute atomic E-state index is 0.0428. The summed E-state index contributed by atoms with van der Waals surface area (Å²) in [5, 5.41) is 5.36. The van der Waals surface area contributed by atoms with Gasteiger partial charge in [-0.25, -0.2) is 13.9 Å². The van der Waals surface area contributed by atoms with E-state index in [1.807, 2.05) is 0 Å². The molecule has 0 spiro atoms. The second-order valence-corrected chi connectivity index (χ2v) is 3.46. The van der Waals surface area contributed by atoms with E-state index in [0.717, 1.165) is 24.4 Å². The van der Waals surface area contributed by atoms with Crippen LogP contribution in [0.4, 0.5) is 8.78 Å². The fourth-order valence-corrected chi connectivity index (χ4v) is 1.46. The van der Waals surface area contributed by atoms with Gasteiger partial charge in [0.2, 0.25) is 0 Å². The fourth-order valence-electron chi connectivity index (χ4n) is 1.30. The molecule has 1 N–H and O–H groups in total. The zero-order chi connectivity index (χ0) is 11.7. The summed E-state index contributed by atoms with van der Waals surface area (Å²) in [7, 11) is 0. The van der Waals surface area contributed by atoms with Crippen molar-refractivity contribution in [1.29, 1.82) is 0 Å². The molecule has 0 saturated carbocycles. The summed E-state index contributed by atoms with van der Waals surface area (Å²) in [5.41, 5.74) is -0.858. The summed E-state index contributed by atoms with van der Waals surface area (Å²) in [6.45, 7) is 0. The largest absolute Gasteiger partial charge is 0.268 e. The Bertz CT molecular complexity index is 598. The number of nitrogens with zero attached hydrogens (tertiary/aromatic N) is 1. The van der Waals surface area contributed by atoms with Crippen LogP contribution < -0.4 is 5.56 Å². The first kappa shape index (κ1) is 10.8. The average molecular weight is 243 g/mol. The van der Waals surface area contributed by atoms with E-state index >= 15 is 0 Å². The number of aromatic amines is 1. The van der Waals surface area contributed by atoms with E-state index in [2.05, 4.69) is 10.2 Å². The molecule has 0 fully saturated rings. The van der Waals surface area contributed by atoms with Gasteiger partial charge in [0.15, 0.2) is 5.82 Å². The zero-order valence-corrected chi connectivity index (χ0v) is 8.55. The van der Waals surface area contributed by atoms with Crippen LogP contribution in [0.2, 0.25) is 5.02 Å². The van der Waals surface area contributed by atoms with E-state index in [0.29, 0.717) is 0 Å². The molecular formula is C10H5ClF2N2O. The lowest BCUT2D eigenvalue weighted by Gasteiger charge is -2.05. The van der Waals surface area contributed by atoms with Crippen molar-refractivity contribution >= 4 is 11.6 Å². The number of hydrogen-bond acceptors (Lipinski definition) is 2. The summed E-state index contributed by atoms with van der Waals surface area (Å²) in [6, 6.07) is 3.18. The molecular weight excluding hydrogens is 238 g/mol. The van der Waals surface area contributed by atoms with Gasteiger partial charge in [-0.2, -0.15) is 5.10 Å². The summed E-state index contributed by atoms with van der Waals surface area (Å²) >= 11 is 5.53. The van der Waals surface area contributed by atoms with Gasteiger partial charge >= 0.3 is 0 Å². The predicted octanol–water partition coefficient (Wildman–Crippen LogP) is 2.37. The maximum atomic E-state index is 13.6. The van der Waals surface area contributed by atoms with Gasteiger partial charge in [-0.05, 0) is 12.1 Å². The highest BCUT2D eigenvalue weighted by Gasteiger charge is 2.15. The molecule has 1 aromatic heterocycles. The van der Waals surface area contributed by atoms with Gasteiger partial charge in [-0.3, -0.25) is 4.79 Å². The second kappa shape index (κ2) is 4.02. The zero-order valence-electron chi connectivity index (χ0n) is 7.80. The summed E-state index contributed by atoms with van der Waals surface area (Å²) in [4.78, 5) is 11.0. The summed E-state index contributed by atoms with van der Waals surface area (Å²) in [5.74, 6) is -1.71. The van der Waals surface area contributed by atoms with Crippen molar-refractivity contribution in [3.8, 4) is 11.1 Å². The summed E-state index contributed by atoms with van der Waals surface area (Å²) < 4.78 is 27.0. The highest BCUT2D eigenvalue weighted by atomic mass is 35.5. The van der Waals surface area contributed by atoms with E-state index < -0.39 is 17.2 Å². The monoisotopic (exact) mass is 242 g/mol. The molecule has 1 aromatic carbocycles. The highest BCUT2D eigenvalue weighted by molar-refractivity contribution is 6.31. The quantitative estimate of drug-likeness (QED) is 0.781. The molecule has 2 aromatic rings. The van der Waals surface area contributed by atoms with Crippen LogP contribution in [0.1, 0.15) is 0 Å². The normalized spacial score (nSPS) is 10.4. The molecule has 16 heavy (non-hydrogen) atoms. The van der Waals surface area contributed by atoms with Crippen molar-refractivity contribution in [2.45, 2.75) is 0 Å². The third-order valence-electron chi connectivity index (χ3n) is 2.00. The fraction of sp³-hybridized carbons (Fsp3) is 0. The van der Waals surface area contributed by atoms with E-state index in [9.17, 15) is 13.6 Å². The van der Waals surface area contributed by atoms with E-state index in [1.165, 1.54) is 0 Å². The SMILES string of the molecule is O=c1cc(-c2c(F)ccc(Cl)c2F)cn[nH]1. The first-order chi connectivity index (χ1) is 7.59. The van der Waals surface area contributed by atoms with Crippen LogP contribution in [0.15, 0.2) is 29.2 Å². The minimum atomic E-state index is -0.908. The van der Waals surface area contributed by atoms with Gasteiger partial charge < -0.3 is 0 Å². The van der Waals surface area contributed by atoms with Crippen molar-refractivity contribution in [2.24, 2.45) is 0 Å². The van der Waals surface area contributed by atoms with E-state index in [-0.39, 0.29) is 16.1 Å². The number of aromatic nitrogens is 2. The first-order valence-corrected chi connectivity index (χ1v) is 4.66. The Morgan fingerprint density at radius 1 is 1.31 bits per heavy atom. The molecule has 0 amide bonds. The number of H-pyrrole nitrogens is 1.